The van der Waals surface area contributed by atoms with Gasteiger partial charge in [0.1, 0.15) is 0 Å². The highest BCUT2D eigenvalue weighted by Crippen LogP contribution is 2.28. The minimum Gasteiger partial charge on any atom is -0.493 e. The minimum absolute atomic E-state index is 0.154. The molecule has 0 unspecified atom stereocenters. The number of aliphatic hydroxyl groups is 1. The second kappa shape index (κ2) is 7.12. The molecule has 90 valence electrons. The van der Waals surface area contributed by atoms with Gasteiger partial charge in [-0.3, -0.25) is 0 Å². The molecule has 0 heterocycles. The summed E-state index contributed by atoms with van der Waals surface area (Å²) < 4.78 is 10.9. The lowest BCUT2D eigenvalue weighted by Crippen LogP contribution is -2.00. The van der Waals surface area contributed by atoms with Crippen LogP contribution in [0.25, 0.3) is 0 Å². The summed E-state index contributed by atoms with van der Waals surface area (Å²) in [6.45, 7) is 2.99. The van der Waals surface area contributed by atoms with Crippen molar-refractivity contribution in [2.45, 2.75) is 26.2 Å². The molecular weight excluding hydrogens is 204 g/mol. The van der Waals surface area contributed by atoms with Crippen LogP contribution in [0.1, 0.15) is 25.3 Å². The molecule has 0 spiro atoms. The van der Waals surface area contributed by atoms with E-state index in [1.165, 1.54) is 0 Å². The summed E-state index contributed by atoms with van der Waals surface area (Å²) in [6, 6.07) is 5.76. The van der Waals surface area contributed by atoms with Crippen LogP contribution in [0.3, 0.4) is 0 Å². The number of rotatable bonds is 7. The first-order valence-electron chi connectivity index (χ1n) is 5.72. The van der Waals surface area contributed by atoms with E-state index in [0.717, 1.165) is 29.9 Å². The fourth-order valence-electron chi connectivity index (χ4n) is 1.44. The van der Waals surface area contributed by atoms with Crippen LogP contribution in [0.5, 0.6) is 11.5 Å². The predicted molar refractivity (Wildman–Crippen MR) is 64.2 cm³/mol. The van der Waals surface area contributed by atoms with Gasteiger partial charge < -0.3 is 14.6 Å². The maximum absolute atomic E-state index is 8.88. The van der Waals surface area contributed by atoms with E-state index < -0.39 is 0 Å². The Kier molecular flexibility index (Phi) is 5.72. The van der Waals surface area contributed by atoms with E-state index >= 15 is 0 Å². The van der Waals surface area contributed by atoms with E-state index in [2.05, 4.69) is 6.92 Å². The van der Waals surface area contributed by atoms with E-state index in [9.17, 15) is 0 Å². The zero-order valence-electron chi connectivity index (χ0n) is 10.0. The molecule has 1 aromatic rings. The molecule has 0 saturated heterocycles. The summed E-state index contributed by atoms with van der Waals surface area (Å²) in [7, 11) is 1.63. The van der Waals surface area contributed by atoms with Gasteiger partial charge in [0.05, 0.1) is 13.7 Å². The normalized spacial score (nSPS) is 10.2. The Morgan fingerprint density at radius 1 is 1.25 bits per heavy atom. The van der Waals surface area contributed by atoms with E-state index in [4.69, 9.17) is 14.6 Å². The van der Waals surface area contributed by atoms with Crippen molar-refractivity contribution in [1.29, 1.82) is 0 Å². The van der Waals surface area contributed by atoms with Crippen LogP contribution in [0.2, 0.25) is 0 Å². The Morgan fingerprint density at radius 3 is 2.69 bits per heavy atom. The molecule has 0 bridgehead atoms. The second-order valence-corrected chi connectivity index (χ2v) is 3.66. The third-order valence-corrected chi connectivity index (χ3v) is 2.38. The highest BCUT2D eigenvalue weighted by molar-refractivity contribution is 5.43. The molecule has 3 nitrogen and oxygen atoms in total. The van der Waals surface area contributed by atoms with Gasteiger partial charge in [0.15, 0.2) is 11.5 Å². The van der Waals surface area contributed by atoms with Crippen molar-refractivity contribution in [3.8, 4) is 11.5 Å². The van der Waals surface area contributed by atoms with E-state index in [-0.39, 0.29) is 6.61 Å². The number of unbranched alkanes of at least 4 members (excludes halogenated alkanes) is 1. The van der Waals surface area contributed by atoms with E-state index in [1.54, 1.807) is 7.11 Å². The van der Waals surface area contributed by atoms with Crippen LogP contribution >= 0.6 is 0 Å². The van der Waals surface area contributed by atoms with Gasteiger partial charge in [-0.05, 0) is 30.5 Å². The summed E-state index contributed by atoms with van der Waals surface area (Å²) >= 11 is 0. The molecule has 0 amide bonds. The molecule has 0 radical (unpaired) electrons. The molecule has 0 aliphatic heterocycles. The first kappa shape index (κ1) is 12.8. The molecule has 0 saturated carbocycles. The Labute approximate surface area is 97.0 Å². The zero-order valence-corrected chi connectivity index (χ0v) is 10.0. The highest BCUT2D eigenvalue weighted by atomic mass is 16.5. The van der Waals surface area contributed by atoms with Gasteiger partial charge in [-0.2, -0.15) is 0 Å². The van der Waals surface area contributed by atoms with Gasteiger partial charge in [0, 0.05) is 6.61 Å². The van der Waals surface area contributed by atoms with Crippen molar-refractivity contribution in [3.05, 3.63) is 23.8 Å². The highest BCUT2D eigenvalue weighted by Gasteiger charge is 2.05. The van der Waals surface area contributed by atoms with Crippen LogP contribution in [0.15, 0.2) is 18.2 Å². The van der Waals surface area contributed by atoms with E-state index in [1.807, 2.05) is 18.2 Å². The monoisotopic (exact) mass is 224 g/mol. The summed E-state index contributed by atoms with van der Waals surface area (Å²) in [5.74, 6) is 1.51. The average Bonchev–Trinajstić information content (AvgIpc) is 2.30. The molecule has 0 atom stereocenters. The molecule has 0 fully saturated rings. The van der Waals surface area contributed by atoms with Crippen molar-refractivity contribution >= 4 is 0 Å². The molecule has 0 aliphatic rings. The van der Waals surface area contributed by atoms with Gasteiger partial charge in [-0.1, -0.05) is 19.4 Å². The lowest BCUT2D eigenvalue weighted by atomic mass is 10.1. The SMILES string of the molecule is CCCCOc1cc(CCO)ccc1OC. The third-order valence-electron chi connectivity index (χ3n) is 2.38. The Hall–Kier alpha value is -1.22. The molecule has 1 N–H and O–H groups in total. The van der Waals surface area contributed by atoms with Crippen LogP contribution in [0, 0.1) is 0 Å². The first-order chi connectivity index (χ1) is 7.81. The summed E-state index contributed by atoms with van der Waals surface area (Å²) in [4.78, 5) is 0. The maximum atomic E-state index is 8.88. The first-order valence-corrected chi connectivity index (χ1v) is 5.72. The van der Waals surface area contributed by atoms with Gasteiger partial charge in [-0.15, -0.1) is 0 Å². The van der Waals surface area contributed by atoms with E-state index in [0.29, 0.717) is 13.0 Å². The largest absolute Gasteiger partial charge is 0.493 e. The minimum atomic E-state index is 0.154. The maximum Gasteiger partial charge on any atom is 0.161 e. The Balaban J connectivity index is 2.72. The van der Waals surface area contributed by atoms with Gasteiger partial charge >= 0.3 is 0 Å². The number of benzene rings is 1. The van der Waals surface area contributed by atoms with Crippen molar-refractivity contribution in [2.24, 2.45) is 0 Å². The Bertz CT molecular complexity index is 310. The predicted octanol–water partition coefficient (Wildman–Crippen LogP) is 2.41. The number of hydrogen-bond donors (Lipinski definition) is 1. The average molecular weight is 224 g/mol. The molecule has 1 aromatic carbocycles. The van der Waals surface area contributed by atoms with Crippen LogP contribution < -0.4 is 9.47 Å². The fraction of sp³-hybridized carbons (Fsp3) is 0.538. The standard InChI is InChI=1S/C13H20O3/c1-3-4-9-16-13-10-11(7-8-14)5-6-12(13)15-2/h5-6,10,14H,3-4,7-9H2,1-2H3. The van der Waals surface area contributed by atoms with Gasteiger partial charge in [0.2, 0.25) is 0 Å². The van der Waals surface area contributed by atoms with Gasteiger partial charge in [-0.25, -0.2) is 0 Å². The van der Waals surface area contributed by atoms with Crippen molar-refractivity contribution in [1.82, 2.24) is 0 Å². The smallest absolute Gasteiger partial charge is 0.161 e. The zero-order chi connectivity index (χ0) is 11.8. The number of ether oxygens (including phenoxy) is 2. The van der Waals surface area contributed by atoms with Crippen LogP contribution in [-0.2, 0) is 6.42 Å². The van der Waals surface area contributed by atoms with Crippen LogP contribution in [0.4, 0.5) is 0 Å². The lowest BCUT2D eigenvalue weighted by molar-refractivity contribution is 0.285. The van der Waals surface area contributed by atoms with Crippen molar-refractivity contribution in [2.75, 3.05) is 20.3 Å². The lowest BCUT2D eigenvalue weighted by Gasteiger charge is -2.11. The van der Waals surface area contributed by atoms with Crippen LogP contribution in [-0.4, -0.2) is 25.4 Å². The quantitative estimate of drug-likeness (QED) is 0.723. The summed E-state index contributed by atoms with van der Waals surface area (Å²) in [5.41, 5.74) is 1.06. The summed E-state index contributed by atoms with van der Waals surface area (Å²) in [5, 5.41) is 8.88. The van der Waals surface area contributed by atoms with Gasteiger partial charge in [0.25, 0.3) is 0 Å². The number of aliphatic hydroxyl groups excluding tert-OH is 1. The Morgan fingerprint density at radius 2 is 2.06 bits per heavy atom. The van der Waals surface area contributed by atoms with Crippen molar-refractivity contribution < 1.29 is 14.6 Å². The molecule has 3 heteroatoms. The number of hydrogen-bond acceptors (Lipinski definition) is 3. The molecule has 0 aliphatic carbocycles. The topological polar surface area (TPSA) is 38.7 Å². The summed E-state index contributed by atoms with van der Waals surface area (Å²) in [6.07, 6.45) is 2.79. The molecular formula is C13H20O3. The number of methoxy groups -OCH3 is 1. The fourth-order valence-corrected chi connectivity index (χ4v) is 1.44. The second-order valence-electron chi connectivity index (χ2n) is 3.66. The molecule has 16 heavy (non-hydrogen) atoms. The molecule has 0 aromatic heterocycles. The third kappa shape index (κ3) is 3.74. The van der Waals surface area contributed by atoms with Crippen molar-refractivity contribution in [3.63, 3.8) is 0 Å². The molecule has 1 rings (SSSR count).